The zero-order chi connectivity index (χ0) is 12.8. The molecule has 0 bridgehead atoms. The second-order valence-corrected chi connectivity index (χ2v) is 5.77. The van der Waals surface area contributed by atoms with E-state index in [1.165, 1.54) is 15.3 Å². The zero-order valence-corrected chi connectivity index (χ0v) is 11.5. The van der Waals surface area contributed by atoms with Crippen LogP contribution >= 0.6 is 11.3 Å². The maximum Gasteiger partial charge on any atom is 0.0494 e. The molecule has 2 aromatic rings. The minimum atomic E-state index is 0.256. The highest BCUT2D eigenvalue weighted by atomic mass is 32.1. The Labute approximate surface area is 112 Å². The van der Waals surface area contributed by atoms with E-state index >= 15 is 0 Å². The molecule has 3 heteroatoms. The molecular weight excluding hydrogens is 242 g/mol. The number of nitrogens with one attached hydrogen (secondary N) is 1. The lowest BCUT2D eigenvalue weighted by molar-refractivity contribution is 0.288. The lowest BCUT2D eigenvalue weighted by Gasteiger charge is -2.07. The molecule has 1 aromatic heterocycles. The summed E-state index contributed by atoms with van der Waals surface area (Å²) in [6.45, 7) is 3.26. The average Bonchev–Trinajstić information content (AvgIpc) is 2.80. The van der Waals surface area contributed by atoms with Gasteiger partial charge in [-0.05, 0) is 49.6 Å². The van der Waals surface area contributed by atoms with Gasteiger partial charge in [0.2, 0.25) is 0 Å². The number of hydrogen-bond donors (Lipinski definition) is 2. The number of thiophene rings is 1. The van der Waals surface area contributed by atoms with Crippen LogP contribution in [0.25, 0.3) is 0 Å². The normalized spacial score (nSPS) is 10.6. The summed E-state index contributed by atoms with van der Waals surface area (Å²) < 4.78 is 0. The van der Waals surface area contributed by atoms with Crippen LogP contribution in [0.3, 0.4) is 0 Å². The molecule has 2 rings (SSSR count). The van der Waals surface area contributed by atoms with Crippen molar-refractivity contribution in [2.75, 3.05) is 11.9 Å². The van der Waals surface area contributed by atoms with Gasteiger partial charge in [-0.15, -0.1) is 11.3 Å². The Morgan fingerprint density at radius 3 is 2.83 bits per heavy atom. The van der Waals surface area contributed by atoms with Crippen molar-refractivity contribution in [3.05, 3.63) is 51.7 Å². The van der Waals surface area contributed by atoms with Crippen LogP contribution in [-0.2, 0) is 13.0 Å². The van der Waals surface area contributed by atoms with Crippen LogP contribution in [0.2, 0.25) is 0 Å². The molecular formula is C15H19NOS. The van der Waals surface area contributed by atoms with Gasteiger partial charge in [0.05, 0.1) is 0 Å². The smallest absolute Gasteiger partial charge is 0.0494 e. The number of benzene rings is 1. The Morgan fingerprint density at radius 2 is 2.11 bits per heavy atom. The minimum absolute atomic E-state index is 0.256. The van der Waals surface area contributed by atoms with Gasteiger partial charge in [0.1, 0.15) is 0 Å². The Kier molecular flexibility index (Phi) is 4.79. The Morgan fingerprint density at radius 1 is 1.22 bits per heavy atom. The Hall–Kier alpha value is -1.32. The predicted molar refractivity (Wildman–Crippen MR) is 78.2 cm³/mol. The number of aliphatic hydroxyl groups excluding tert-OH is 1. The lowest BCUT2D eigenvalue weighted by Crippen LogP contribution is -1.98. The van der Waals surface area contributed by atoms with E-state index in [0.717, 1.165) is 25.1 Å². The molecule has 0 atom stereocenters. The fourth-order valence-electron chi connectivity index (χ4n) is 1.89. The number of anilines is 1. The summed E-state index contributed by atoms with van der Waals surface area (Å²) in [4.78, 5) is 2.71. The van der Waals surface area contributed by atoms with Crippen LogP contribution in [0.1, 0.15) is 21.7 Å². The first-order chi connectivity index (χ1) is 8.78. The largest absolute Gasteiger partial charge is 0.396 e. The molecule has 2 nitrogen and oxygen atoms in total. The standard InChI is InChI=1S/C15H19NOS/c1-12-7-8-15(18-12)11-16-14-6-2-4-13(10-14)5-3-9-17/h2,4,6-8,10,16-17H,3,5,9,11H2,1H3. The quantitative estimate of drug-likeness (QED) is 0.833. The molecule has 0 amide bonds. The highest BCUT2D eigenvalue weighted by Crippen LogP contribution is 2.18. The van der Waals surface area contributed by atoms with Crippen molar-refractivity contribution in [1.29, 1.82) is 0 Å². The van der Waals surface area contributed by atoms with Crippen LogP contribution in [0.15, 0.2) is 36.4 Å². The first-order valence-corrected chi connectivity index (χ1v) is 7.08. The third kappa shape index (κ3) is 3.86. The van der Waals surface area contributed by atoms with Crippen LogP contribution in [0.5, 0.6) is 0 Å². The summed E-state index contributed by atoms with van der Waals surface area (Å²) in [5.74, 6) is 0. The third-order valence-electron chi connectivity index (χ3n) is 2.81. The molecule has 0 radical (unpaired) electrons. The number of rotatable bonds is 6. The van der Waals surface area contributed by atoms with Crippen molar-refractivity contribution in [2.45, 2.75) is 26.3 Å². The van der Waals surface area contributed by atoms with Gasteiger partial charge >= 0.3 is 0 Å². The average molecular weight is 261 g/mol. The fourth-order valence-corrected chi connectivity index (χ4v) is 2.72. The highest BCUT2D eigenvalue weighted by Gasteiger charge is 1.98. The van der Waals surface area contributed by atoms with Gasteiger partial charge in [-0.25, -0.2) is 0 Å². The molecule has 0 saturated heterocycles. The van der Waals surface area contributed by atoms with Crippen molar-refractivity contribution in [2.24, 2.45) is 0 Å². The maximum atomic E-state index is 8.84. The van der Waals surface area contributed by atoms with Crippen LogP contribution in [0.4, 0.5) is 5.69 Å². The Balaban J connectivity index is 1.92. The number of hydrogen-bond acceptors (Lipinski definition) is 3. The van der Waals surface area contributed by atoms with Crippen molar-refractivity contribution >= 4 is 17.0 Å². The summed E-state index contributed by atoms with van der Waals surface area (Å²) in [5, 5.41) is 12.3. The summed E-state index contributed by atoms with van der Waals surface area (Å²) in [7, 11) is 0. The van der Waals surface area contributed by atoms with Crippen LogP contribution in [0, 0.1) is 6.92 Å². The predicted octanol–water partition coefficient (Wildman–Crippen LogP) is 3.59. The molecule has 0 aliphatic carbocycles. The van der Waals surface area contributed by atoms with E-state index in [0.29, 0.717) is 0 Å². The van der Waals surface area contributed by atoms with Crippen molar-refractivity contribution in [3.63, 3.8) is 0 Å². The number of aryl methyl sites for hydroxylation is 2. The molecule has 18 heavy (non-hydrogen) atoms. The van der Waals surface area contributed by atoms with E-state index in [2.05, 4.69) is 48.6 Å². The van der Waals surface area contributed by atoms with E-state index < -0.39 is 0 Å². The van der Waals surface area contributed by atoms with Crippen LogP contribution < -0.4 is 5.32 Å². The van der Waals surface area contributed by atoms with Crippen molar-refractivity contribution in [1.82, 2.24) is 0 Å². The van der Waals surface area contributed by atoms with Gasteiger partial charge in [0.25, 0.3) is 0 Å². The zero-order valence-electron chi connectivity index (χ0n) is 10.6. The minimum Gasteiger partial charge on any atom is -0.396 e. The van der Waals surface area contributed by atoms with Gasteiger partial charge in [-0.1, -0.05) is 12.1 Å². The number of aliphatic hydroxyl groups is 1. The molecule has 0 spiro atoms. The molecule has 1 aromatic carbocycles. The first-order valence-electron chi connectivity index (χ1n) is 6.27. The molecule has 96 valence electrons. The molecule has 0 aliphatic heterocycles. The van der Waals surface area contributed by atoms with Gasteiger partial charge in [0, 0.05) is 28.6 Å². The van der Waals surface area contributed by atoms with Gasteiger partial charge < -0.3 is 10.4 Å². The summed E-state index contributed by atoms with van der Waals surface area (Å²) in [6, 6.07) is 12.7. The van der Waals surface area contributed by atoms with Crippen LogP contribution in [-0.4, -0.2) is 11.7 Å². The molecule has 2 N–H and O–H groups in total. The molecule has 1 heterocycles. The van der Waals surface area contributed by atoms with Crippen molar-refractivity contribution in [3.8, 4) is 0 Å². The van der Waals surface area contributed by atoms with Gasteiger partial charge in [-0.3, -0.25) is 0 Å². The lowest BCUT2D eigenvalue weighted by atomic mass is 10.1. The van der Waals surface area contributed by atoms with E-state index in [9.17, 15) is 0 Å². The van der Waals surface area contributed by atoms with E-state index in [-0.39, 0.29) is 6.61 Å². The SMILES string of the molecule is Cc1ccc(CNc2cccc(CCCO)c2)s1. The van der Waals surface area contributed by atoms with Crippen molar-refractivity contribution < 1.29 is 5.11 Å². The van der Waals surface area contributed by atoms with E-state index in [1.54, 1.807) is 0 Å². The van der Waals surface area contributed by atoms with E-state index in [1.807, 2.05) is 11.3 Å². The maximum absolute atomic E-state index is 8.84. The Bertz CT molecular complexity index is 493. The summed E-state index contributed by atoms with van der Waals surface area (Å²) >= 11 is 1.83. The second kappa shape index (κ2) is 6.57. The third-order valence-corrected chi connectivity index (χ3v) is 3.81. The summed E-state index contributed by atoms with van der Waals surface area (Å²) in [6.07, 6.45) is 1.76. The molecule has 0 unspecified atom stereocenters. The monoisotopic (exact) mass is 261 g/mol. The van der Waals surface area contributed by atoms with Gasteiger partial charge in [0.15, 0.2) is 0 Å². The second-order valence-electron chi connectivity index (χ2n) is 4.39. The topological polar surface area (TPSA) is 32.3 Å². The molecule has 0 saturated carbocycles. The molecule has 0 fully saturated rings. The summed E-state index contributed by atoms with van der Waals surface area (Å²) in [5.41, 5.74) is 2.42. The fraction of sp³-hybridized carbons (Fsp3) is 0.333. The first kappa shape index (κ1) is 13.1. The highest BCUT2D eigenvalue weighted by molar-refractivity contribution is 7.11. The van der Waals surface area contributed by atoms with Gasteiger partial charge in [-0.2, -0.15) is 0 Å². The van der Waals surface area contributed by atoms with E-state index in [4.69, 9.17) is 5.11 Å². The molecule has 0 aliphatic rings.